The molecule has 0 saturated carbocycles. The molecule has 0 aliphatic carbocycles. The minimum Gasteiger partial charge on any atom is -0.490 e. The van der Waals surface area contributed by atoms with Gasteiger partial charge in [-0.3, -0.25) is 0 Å². The topological polar surface area (TPSA) is 67.8 Å². The molecule has 0 aromatic heterocycles. The van der Waals surface area contributed by atoms with Crippen LogP contribution in [-0.2, 0) is 13.2 Å². The Balaban J connectivity index is 1.78. The fourth-order valence-electron chi connectivity index (χ4n) is 2.90. The summed E-state index contributed by atoms with van der Waals surface area (Å²) in [7, 11) is 0. The predicted octanol–water partition coefficient (Wildman–Crippen LogP) is 6.93. The molecule has 2 N–H and O–H groups in total. The molecule has 0 atom stereocenters. The molecule has 5 nitrogen and oxygen atoms in total. The highest BCUT2D eigenvalue weighted by Crippen LogP contribution is 2.37. The fraction of sp³-hybridized carbons (Fsp3) is 0.174. The first kappa shape index (κ1) is 23.1. The van der Waals surface area contributed by atoms with Gasteiger partial charge in [-0.05, 0) is 60.5 Å². The van der Waals surface area contributed by atoms with E-state index in [0.29, 0.717) is 45.4 Å². The molecule has 3 rings (SSSR count). The number of nitrogens with one attached hydrogen (secondary N) is 1. The van der Waals surface area contributed by atoms with Gasteiger partial charge >= 0.3 is 5.97 Å². The molecule has 0 saturated heterocycles. The molecule has 0 heterocycles. The highest BCUT2D eigenvalue weighted by atomic mass is 35.5. The van der Waals surface area contributed by atoms with Crippen LogP contribution in [-0.4, -0.2) is 17.7 Å². The average molecular weight is 481 g/mol. The van der Waals surface area contributed by atoms with Gasteiger partial charge in [-0.1, -0.05) is 46.9 Å². The smallest absolute Gasteiger partial charge is 0.335 e. The number of aromatic carboxylic acids is 1. The summed E-state index contributed by atoms with van der Waals surface area (Å²) in [4.78, 5) is 11.2. The van der Waals surface area contributed by atoms with Crippen molar-refractivity contribution in [1.29, 1.82) is 0 Å². The third-order valence-corrected chi connectivity index (χ3v) is 5.18. The van der Waals surface area contributed by atoms with E-state index in [2.05, 4.69) is 5.32 Å². The average Bonchev–Trinajstić information content (AvgIpc) is 2.72. The molecule has 8 heteroatoms. The van der Waals surface area contributed by atoms with Crippen molar-refractivity contribution < 1.29 is 19.4 Å². The maximum atomic E-state index is 11.2. The van der Waals surface area contributed by atoms with E-state index >= 15 is 0 Å². The van der Waals surface area contributed by atoms with Gasteiger partial charge in [0.05, 0.1) is 27.9 Å². The van der Waals surface area contributed by atoms with Gasteiger partial charge in [0.2, 0.25) is 0 Å². The highest BCUT2D eigenvalue weighted by Gasteiger charge is 2.14. The second kappa shape index (κ2) is 10.6. The zero-order valence-corrected chi connectivity index (χ0v) is 18.9. The third kappa shape index (κ3) is 6.20. The summed E-state index contributed by atoms with van der Waals surface area (Å²) in [5, 5.41) is 13.8. The van der Waals surface area contributed by atoms with E-state index < -0.39 is 5.97 Å². The predicted molar refractivity (Wildman–Crippen MR) is 124 cm³/mol. The molecule has 0 bridgehead atoms. The van der Waals surface area contributed by atoms with Crippen LogP contribution >= 0.6 is 34.8 Å². The minimum atomic E-state index is -1.03. The van der Waals surface area contributed by atoms with Gasteiger partial charge in [-0.15, -0.1) is 0 Å². The number of rotatable bonds is 9. The Morgan fingerprint density at radius 2 is 1.77 bits per heavy atom. The van der Waals surface area contributed by atoms with Crippen molar-refractivity contribution in [1.82, 2.24) is 0 Å². The lowest BCUT2D eigenvalue weighted by Crippen LogP contribution is -2.05. The molecule has 0 fully saturated rings. The van der Waals surface area contributed by atoms with Crippen LogP contribution in [0, 0.1) is 0 Å². The van der Waals surface area contributed by atoms with Crippen LogP contribution in [0.3, 0.4) is 0 Å². The summed E-state index contributed by atoms with van der Waals surface area (Å²) in [6.45, 7) is 2.96. The second-order valence-corrected chi connectivity index (χ2v) is 7.86. The highest BCUT2D eigenvalue weighted by molar-refractivity contribution is 6.33. The molecule has 0 radical (unpaired) electrons. The largest absolute Gasteiger partial charge is 0.490 e. The summed E-state index contributed by atoms with van der Waals surface area (Å²) in [5.74, 6) is -0.0695. The van der Waals surface area contributed by atoms with Gasteiger partial charge in [0.1, 0.15) is 6.61 Å². The number of anilines is 1. The number of carboxylic acid groups (broad SMARTS) is 1. The number of halogens is 3. The van der Waals surface area contributed by atoms with E-state index in [1.807, 2.05) is 31.2 Å². The molecule has 162 valence electrons. The van der Waals surface area contributed by atoms with Gasteiger partial charge in [-0.25, -0.2) is 4.79 Å². The van der Waals surface area contributed by atoms with Crippen LogP contribution in [0.25, 0.3) is 0 Å². The first-order valence-electron chi connectivity index (χ1n) is 9.46. The summed E-state index contributed by atoms with van der Waals surface area (Å²) in [5.41, 5.74) is 2.38. The lowest BCUT2D eigenvalue weighted by atomic mass is 10.1. The lowest BCUT2D eigenvalue weighted by Gasteiger charge is -2.16. The summed E-state index contributed by atoms with van der Waals surface area (Å²) < 4.78 is 11.6. The van der Waals surface area contributed by atoms with Crippen LogP contribution in [0.1, 0.15) is 28.4 Å². The number of carboxylic acids is 1. The van der Waals surface area contributed by atoms with Gasteiger partial charge in [0.15, 0.2) is 11.5 Å². The maximum absolute atomic E-state index is 11.2. The van der Waals surface area contributed by atoms with Gasteiger partial charge < -0.3 is 19.9 Å². The Kier molecular flexibility index (Phi) is 7.91. The van der Waals surface area contributed by atoms with Crippen molar-refractivity contribution in [2.45, 2.75) is 20.1 Å². The van der Waals surface area contributed by atoms with Crippen LogP contribution in [0.15, 0.2) is 54.6 Å². The Morgan fingerprint density at radius 3 is 2.48 bits per heavy atom. The molecule has 3 aromatic carbocycles. The van der Waals surface area contributed by atoms with Gasteiger partial charge in [0, 0.05) is 11.6 Å². The van der Waals surface area contributed by atoms with Crippen molar-refractivity contribution in [3.8, 4) is 11.5 Å². The van der Waals surface area contributed by atoms with Gasteiger partial charge in [0.25, 0.3) is 0 Å². The van der Waals surface area contributed by atoms with Crippen LogP contribution < -0.4 is 14.8 Å². The van der Waals surface area contributed by atoms with Crippen molar-refractivity contribution >= 4 is 46.5 Å². The minimum absolute atomic E-state index is 0.143. The van der Waals surface area contributed by atoms with Crippen LogP contribution in [0.5, 0.6) is 11.5 Å². The monoisotopic (exact) mass is 479 g/mol. The number of benzene rings is 3. The van der Waals surface area contributed by atoms with E-state index in [1.54, 1.807) is 18.2 Å². The summed E-state index contributed by atoms with van der Waals surface area (Å²) >= 11 is 18.7. The zero-order valence-electron chi connectivity index (χ0n) is 16.6. The maximum Gasteiger partial charge on any atom is 0.335 e. The first-order valence-corrected chi connectivity index (χ1v) is 10.6. The molecular formula is C23H20Cl3NO4. The Labute approximate surface area is 195 Å². The lowest BCUT2D eigenvalue weighted by molar-refractivity contribution is 0.0697. The van der Waals surface area contributed by atoms with Crippen molar-refractivity contribution in [2.24, 2.45) is 0 Å². The quantitative estimate of drug-likeness (QED) is 0.347. The Hall–Kier alpha value is -2.60. The molecule has 31 heavy (non-hydrogen) atoms. The molecule has 0 aliphatic heterocycles. The fourth-order valence-corrected chi connectivity index (χ4v) is 3.58. The number of carbonyl (C=O) groups is 1. The molecular weight excluding hydrogens is 461 g/mol. The molecule has 0 unspecified atom stereocenters. The zero-order chi connectivity index (χ0) is 22.4. The standard InChI is InChI=1S/C23H20Cl3NO4/c1-2-30-21-10-15(12-27-20-11-16(23(28)29)6-7-18(20)25)9-19(26)22(21)31-13-14-4-3-5-17(24)8-14/h3-11,27H,2,12-13H2,1H3,(H,28,29). The molecule has 0 amide bonds. The molecule has 3 aromatic rings. The van der Waals surface area contributed by atoms with E-state index in [9.17, 15) is 4.79 Å². The third-order valence-electron chi connectivity index (χ3n) is 4.34. The molecule has 0 aliphatic rings. The molecule has 0 spiro atoms. The Morgan fingerprint density at radius 1 is 0.968 bits per heavy atom. The number of hydrogen-bond donors (Lipinski definition) is 2. The van der Waals surface area contributed by atoms with Crippen molar-refractivity contribution in [3.63, 3.8) is 0 Å². The normalized spacial score (nSPS) is 10.6. The summed E-state index contributed by atoms with van der Waals surface area (Å²) in [6.07, 6.45) is 0. The van der Waals surface area contributed by atoms with E-state index in [1.165, 1.54) is 12.1 Å². The van der Waals surface area contributed by atoms with E-state index in [-0.39, 0.29) is 12.2 Å². The van der Waals surface area contributed by atoms with Crippen LogP contribution in [0.2, 0.25) is 15.1 Å². The second-order valence-electron chi connectivity index (χ2n) is 6.61. The first-order chi connectivity index (χ1) is 14.9. The SMILES string of the molecule is CCOc1cc(CNc2cc(C(=O)O)ccc2Cl)cc(Cl)c1OCc1cccc(Cl)c1. The van der Waals surface area contributed by atoms with E-state index in [4.69, 9.17) is 49.4 Å². The Bertz CT molecular complexity index is 1090. The number of hydrogen-bond acceptors (Lipinski definition) is 4. The van der Waals surface area contributed by atoms with Gasteiger partial charge in [-0.2, -0.15) is 0 Å². The van der Waals surface area contributed by atoms with Crippen LogP contribution in [0.4, 0.5) is 5.69 Å². The number of ether oxygens (including phenoxy) is 2. The summed E-state index contributed by atoms with van der Waals surface area (Å²) in [6, 6.07) is 15.4. The van der Waals surface area contributed by atoms with Crippen molar-refractivity contribution in [2.75, 3.05) is 11.9 Å². The van der Waals surface area contributed by atoms with Crippen molar-refractivity contribution in [3.05, 3.63) is 86.4 Å². The van der Waals surface area contributed by atoms with E-state index in [0.717, 1.165) is 11.1 Å².